The molecule has 5 rings (SSSR count). The molecule has 178 valence electrons. The van der Waals surface area contributed by atoms with Crippen molar-refractivity contribution in [1.29, 1.82) is 0 Å². The SMILES string of the molecule is Cc1cc(N2C(=O)NC(=O)/C(=C\c3ccc(OCc4ccc5ccccc5c4)cc3)C2=O)ccc1Br. The maximum absolute atomic E-state index is 13.1. The molecule has 0 radical (unpaired) electrons. The van der Waals surface area contributed by atoms with Crippen molar-refractivity contribution in [2.45, 2.75) is 13.5 Å². The highest BCUT2D eigenvalue weighted by molar-refractivity contribution is 9.10. The number of urea groups is 1. The Hall–Kier alpha value is -4.23. The Balaban J connectivity index is 1.32. The zero-order chi connectivity index (χ0) is 25.2. The van der Waals surface area contributed by atoms with Crippen molar-refractivity contribution in [3.63, 3.8) is 0 Å². The minimum absolute atomic E-state index is 0.125. The van der Waals surface area contributed by atoms with E-state index in [-0.39, 0.29) is 5.57 Å². The third-order valence-electron chi connectivity index (χ3n) is 5.91. The molecule has 6 nitrogen and oxygen atoms in total. The van der Waals surface area contributed by atoms with Crippen molar-refractivity contribution in [3.8, 4) is 5.75 Å². The van der Waals surface area contributed by atoms with Crippen molar-refractivity contribution in [1.82, 2.24) is 5.32 Å². The number of carbonyl (C=O) groups excluding carboxylic acids is 3. The van der Waals surface area contributed by atoms with Gasteiger partial charge in [-0.3, -0.25) is 14.9 Å². The Morgan fingerprint density at radius 2 is 1.64 bits per heavy atom. The maximum Gasteiger partial charge on any atom is 0.335 e. The van der Waals surface area contributed by atoms with Gasteiger partial charge in [0.25, 0.3) is 11.8 Å². The number of carbonyl (C=O) groups is 3. The fraction of sp³-hybridized carbons (Fsp3) is 0.0690. The van der Waals surface area contributed by atoms with E-state index in [1.165, 1.54) is 11.5 Å². The zero-order valence-electron chi connectivity index (χ0n) is 19.3. The number of nitrogens with one attached hydrogen (secondary N) is 1. The van der Waals surface area contributed by atoms with Gasteiger partial charge in [0.05, 0.1) is 5.69 Å². The van der Waals surface area contributed by atoms with Gasteiger partial charge in [-0.15, -0.1) is 0 Å². The van der Waals surface area contributed by atoms with Crippen molar-refractivity contribution in [2.24, 2.45) is 0 Å². The number of rotatable bonds is 5. The highest BCUT2D eigenvalue weighted by Gasteiger charge is 2.36. The van der Waals surface area contributed by atoms with Gasteiger partial charge in [-0.05, 0) is 76.9 Å². The van der Waals surface area contributed by atoms with Gasteiger partial charge in [-0.2, -0.15) is 0 Å². The number of ether oxygens (including phenoxy) is 1. The van der Waals surface area contributed by atoms with Gasteiger partial charge in [-0.25, -0.2) is 9.69 Å². The van der Waals surface area contributed by atoms with Crippen LogP contribution in [0, 0.1) is 6.92 Å². The second-order valence-electron chi connectivity index (χ2n) is 8.43. The minimum Gasteiger partial charge on any atom is -0.489 e. The average Bonchev–Trinajstić information content (AvgIpc) is 2.88. The summed E-state index contributed by atoms with van der Waals surface area (Å²) in [4.78, 5) is 39.0. The van der Waals surface area contributed by atoms with Crippen LogP contribution in [-0.2, 0) is 16.2 Å². The molecule has 1 fully saturated rings. The monoisotopic (exact) mass is 540 g/mol. The Bertz CT molecular complexity index is 1540. The second kappa shape index (κ2) is 9.79. The van der Waals surface area contributed by atoms with Crippen LogP contribution in [0.15, 0.2) is 95.0 Å². The van der Waals surface area contributed by atoms with Crippen LogP contribution in [0.1, 0.15) is 16.7 Å². The van der Waals surface area contributed by atoms with Crippen LogP contribution in [-0.4, -0.2) is 17.8 Å². The van der Waals surface area contributed by atoms with E-state index in [9.17, 15) is 14.4 Å². The summed E-state index contributed by atoms with van der Waals surface area (Å²) in [5.74, 6) is -0.749. The summed E-state index contributed by atoms with van der Waals surface area (Å²) in [5, 5.41) is 4.58. The molecule has 0 unspecified atom stereocenters. The number of barbiturate groups is 1. The smallest absolute Gasteiger partial charge is 0.335 e. The summed E-state index contributed by atoms with van der Waals surface area (Å²) in [7, 11) is 0. The van der Waals surface area contributed by atoms with Crippen LogP contribution in [0.3, 0.4) is 0 Å². The van der Waals surface area contributed by atoms with E-state index >= 15 is 0 Å². The van der Waals surface area contributed by atoms with E-state index in [0.717, 1.165) is 25.9 Å². The molecular weight excluding hydrogens is 520 g/mol. The van der Waals surface area contributed by atoms with Gasteiger partial charge in [0, 0.05) is 4.47 Å². The summed E-state index contributed by atoms with van der Waals surface area (Å²) >= 11 is 3.41. The number of hydrogen-bond donors (Lipinski definition) is 1. The summed E-state index contributed by atoms with van der Waals surface area (Å²) in [6, 6.07) is 25.7. The molecule has 4 amide bonds. The standard InChI is InChI=1S/C29H21BrN2O4/c1-18-14-23(10-13-26(18)30)32-28(34)25(27(33)31-29(32)35)16-19-7-11-24(12-8-19)36-17-20-6-9-21-4-2-3-5-22(21)15-20/h2-16H,17H2,1H3,(H,31,33,35)/b25-16+. The number of benzene rings is 4. The van der Waals surface area contributed by atoms with Gasteiger partial charge in [0.2, 0.25) is 0 Å². The molecule has 0 aromatic heterocycles. The minimum atomic E-state index is -0.777. The van der Waals surface area contributed by atoms with Gasteiger partial charge in [0.15, 0.2) is 0 Å². The molecule has 36 heavy (non-hydrogen) atoms. The first-order valence-electron chi connectivity index (χ1n) is 11.3. The Kier molecular flexibility index (Phi) is 6.40. The first-order chi connectivity index (χ1) is 17.4. The molecule has 0 atom stereocenters. The second-order valence-corrected chi connectivity index (χ2v) is 9.28. The quantitative estimate of drug-likeness (QED) is 0.243. The fourth-order valence-electron chi connectivity index (χ4n) is 3.98. The lowest BCUT2D eigenvalue weighted by Gasteiger charge is -2.26. The van der Waals surface area contributed by atoms with E-state index in [0.29, 0.717) is 23.6 Å². The first kappa shape index (κ1) is 23.5. The molecule has 1 N–H and O–H groups in total. The van der Waals surface area contributed by atoms with Crippen molar-refractivity contribution >= 4 is 56.3 Å². The Morgan fingerprint density at radius 3 is 2.39 bits per heavy atom. The molecule has 0 spiro atoms. The summed E-state index contributed by atoms with van der Waals surface area (Å²) in [5.41, 5.74) is 2.80. The normalized spacial score (nSPS) is 14.9. The van der Waals surface area contributed by atoms with Crippen LogP contribution >= 0.6 is 15.9 Å². The van der Waals surface area contributed by atoms with Gasteiger partial charge in [0.1, 0.15) is 17.9 Å². The van der Waals surface area contributed by atoms with Crippen molar-refractivity contribution < 1.29 is 19.1 Å². The van der Waals surface area contributed by atoms with Crippen LogP contribution < -0.4 is 15.0 Å². The molecule has 4 aromatic carbocycles. The Labute approximate surface area is 216 Å². The third kappa shape index (κ3) is 4.78. The summed E-state index contributed by atoms with van der Waals surface area (Å²) in [6.45, 7) is 2.27. The van der Waals surface area contributed by atoms with Gasteiger partial charge < -0.3 is 4.74 Å². The third-order valence-corrected chi connectivity index (χ3v) is 6.80. The lowest BCUT2D eigenvalue weighted by Crippen LogP contribution is -2.54. The number of hydrogen-bond acceptors (Lipinski definition) is 4. The lowest BCUT2D eigenvalue weighted by atomic mass is 10.1. The molecule has 0 aliphatic carbocycles. The fourth-order valence-corrected chi connectivity index (χ4v) is 4.23. The molecule has 0 saturated carbocycles. The van der Waals surface area contributed by atoms with Crippen LogP contribution in [0.2, 0.25) is 0 Å². The number of imide groups is 2. The van der Waals surface area contributed by atoms with Crippen molar-refractivity contribution in [2.75, 3.05) is 4.90 Å². The predicted molar refractivity (Wildman–Crippen MR) is 143 cm³/mol. The number of nitrogens with zero attached hydrogens (tertiary/aromatic N) is 1. The molecule has 1 heterocycles. The van der Waals surface area contributed by atoms with Gasteiger partial charge in [-0.1, -0.05) is 64.5 Å². The van der Waals surface area contributed by atoms with E-state index in [1.807, 2.05) is 25.1 Å². The Morgan fingerprint density at radius 1 is 0.889 bits per heavy atom. The molecule has 1 saturated heterocycles. The number of aryl methyl sites for hydroxylation is 1. The predicted octanol–water partition coefficient (Wildman–Crippen LogP) is 6.16. The van der Waals surface area contributed by atoms with Crippen LogP contribution in [0.4, 0.5) is 10.5 Å². The zero-order valence-corrected chi connectivity index (χ0v) is 20.9. The summed E-state index contributed by atoms with van der Waals surface area (Å²) < 4.78 is 6.77. The van der Waals surface area contributed by atoms with Crippen molar-refractivity contribution in [3.05, 3.63) is 112 Å². The van der Waals surface area contributed by atoms with E-state index < -0.39 is 17.8 Å². The summed E-state index contributed by atoms with van der Waals surface area (Å²) in [6.07, 6.45) is 1.47. The average molecular weight is 541 g/mol. The highest BCUT2D eigenvalue weighted by atomic mass is 79.9. The van der Waals surface area contributed by atoms with Gasteiger partial charge >= 0.3 is 6.03 Å². The number of halogens is 1. The van der Waals surface area contributed by atoms with E-state index in [4.69, 9.17) is 4.74 Å². The highest BCUT2D eigenvalue weighted by Crippen LogP contribution is 2.27. The number of fused-ring (bicyclic) bond motifs is 1. The number of anilines is 1. The van der Waals surface area contributed by atoms with E-state index in [2.05, 4.69) is 45.5 Å². The van der Waals surface area contributed by atoms with E-state index in [1.54, 1.807) is 42.5 Å². The van der Waals surface area contributed by atoms with Crippen LogP contribution in [0.5, 0.6) is 5.75 Å². The molecule has 0 bridgehead atoms. The maximum atomic E-state index is 13.1. The molecule has 1 aliphatic rings. The first-order valence-corrected chi connectivity index (χ1v) is 12.1. The molecule has 7 heteroatoms. The lowest BCUT2D eigenvalue weighted by molar-refractivity contribution is -0.122. The molecule has 1 aliphatic heterocycles. The number of amides is 4. The topological polar surface area (TPSA) is 75.7 Å². The largest absolute Gasteiger partial charge is 0.489 e. The van der Waals surface area contributed by atoms with Crippen LogP contribution in [0.25, 0.3) is 16.8 Å². The molecular formula is C29H21BrN2O4. The molecule has 4 aromatic rings.